The van der Waals surface area contributed by atoms with Crippen LogP contribution < -0.4 is 10.5 Å². The highest BCUT2D eigenvalue weighted by Gasteiger charge is 2.47. The molecule has 2 aliphatic rings. The lowest BCUT2D eigenvalue weighted by molar-refractivity contribution is -0.125. The minimum atomic E-state index is -3.64. The number of carbonyl (C=O) groups is 1. The molecule has 2 fully saturated rings. The van der Waals surface area contributed by atoms with E-state index >= 15 is 0 Å². The molecule has 1 aromatic rings. The number of fused-ring (bicyclic) bond motifs is 1. The van der Waals surface area contributed by atoms with Crippen LogP contribution in [0.1, 0.15) is 24.8 Å². The van der Waals surface area contributed by atoms with Gasteiger partial charge in [-0.25, -0.2) is 13.6 Å². The van der Waals surface area contributed by atoms with E-state index in [4.69, 9.17) is 5.14 Å². The van der Waals surface area contributed by atoms with Crippen molar-refractivity contribution in [2.45, 2.75) is 30.6 Å². The van der Waals surface area contributed by atoms with Crippen molar-refractivity contribution < 1.29 is 13.2 Å². The first-order valence-corrected chi connectivity index (χ1v) is 8.87. The van der Waals surface area contributed by atoms with Gasteiger partial charge in [-0.05, 0) is 55.2 Å². The third kappa shape index (κ3) is 3.44. The molecule has 2 saturated carbocycles. The summed E-state index contributed by atoms with van der Waals surface area (Å²) >= 11 is 0. The van der Waals surface area contributed by atoms with Crippen LogP contribution in [0.3, 0.4) is 0 Å². The monoisotopic (exact) mass is 308 g/mol. The highest BCUT2D eigenvalue weighted by molar-refractivity contribution is 7.89. The van der Waals surface area contributed by atoms with Crippen LogP contribution in [0.25, 0.3) is 0 Å². The van der Waals surface area contributed by atoms with Gasteiger partial charge in [0.05, 0.1) is 4.90 Å². The van der Waals surface area contributed by atoms with Crippen LogP contribution in [-0.2, 0) is 21.2 Å². The summed E-state index contributed by atoms with van der Waals surface area (Å²) in [5, 5.41) is 8.02. The highest BCUT2D eigenvalue weighted by Crippen LogP contribution is 2.54. The van der Waals surface area contributed by atoms with Crippen LogP contribution in [0.5, 0.6) is 0 Å². The summed E-state index contributed by atoms with van der Waals surface area (Å²) in [6.07, 6.45) is 4.12. The Balaban J connectivity index is 1.45. The van der Waals surface area contributed by atoms with Gasteiger partial charge in [-0.15, -0.1) is 0 Å². The predicted octanol–water partition coefficient (Wildman–Crippen LogP) is 1.04. The van der Waals surface area contributed by atoms with Crippen molar-refractivity contribution in [3.63, 3.8) is 0 Å². The molecular formula is C15H20N2O3S. The summed E-state index contributed by atoms with van der Waals surface area (Å²) < 4.78 is 22.3. The van der Waals surface area contributed by atoms with E-state index in [9.17, 15) is 13.2 Å². The fraction of sp³-hybridized carbons (Fsp3) is 0.533. The van der Waals surface area contributed by atoms with Gasteiger partial charge in [0.15, 0.2) is 0 Å². The van der Waals surface area contributed by atoms with Gasteiger partial charge in [-0.1, -0.05) is 12.1 Å². The van der Waals surface area contributed by atoms with Crippen molar-refractivity contribution in [2.24, 2.45) is 22.9 Å². The zero-order chi connectivity index (χ0) is 15.0. The fourth-order valence-electron chi connectivity index (χ4n) is 3.25. The van der Waals surface area contributed by atoms with Crippen molar-refractivity contribution in [3.8, 4) is 0 Å². The molecule has 0 spiro atoms. The zero-order valence-corrected chi connectivity index (χ0v) is 12.6. The van der Waals surface area contributed by atoms with Gasteiger partial charge >= 0.3 is 0 Å². The number of amides is 1. The Kier molecular flexibility index (Phi) is 3.75. The summed E-state index contributed by atoms with van der Waals surface area (Å²) in [7, 11) is -3.64. The minimum absolute atomic E-state index is 0.112. The summed E-state index contributed by atoms with van der Waals surface area (Å²) in [6.45, 7) is 0.583. The Morgan fingerprint density at radius 3 is 2.33 bits per heavy atom. The van der Waals surface area contributed by atoms with Gasteiger partial charge in [0.25, 0.3) is 0 Å². The lowest BCUT2D eigenvalue weighted by Gasteiger charge is -2.12. The van der Waals surface area contributed by atoms with Crippen molar-refractivity contribution in [2.75, 3.05) is 6.54 Å². The molecule has 0 saturated heterocycles. The van der Waals surface area contributed by atoms with Crippen molar-refractivity contribution in [1.82, 2.24) is 5.32 Å². The predicted molar refractivity (Wildman–Crippen MR) is 78.8 cm³/mol. The Labute approximate surface area is 125 Å². The standard InChI is InChI=1S/C15H20N2O3S/c16-21(19,20)14-3-1-10(2-4-14)5-6-17-15(18)13-8-11-7-12(11)9-13/h1-4,11-13H,5-9H2,(H,17,18)(H2,16,19,20). The maximum atomic E-state index is 12.0. The maximum absolute atomic E-state index is 12.0. The first-order valence-electron chi connectivity index (χ1n) is 7.33. The van der Waals surface area contributed by atoms with Crippen molar-refractivity contribution in [3.05, 3.63) is 29.8 Å². The number of primary sulfonamides is 1. The number of benzene rings is 1. The molecule has 3 rings (SSSR count). The number of hydrogen-bond donors (Lipinski definition) is 2. The van der Waals surface area contributed by atoms with Crippen LogP contribution >= 0.6 is 0 Å². The molecule has 0 radical (unpaired) electrons. The molecule has 5 nitrogen and oxygen atoms in total. The number of nitrogens with one attached hydrogen (secondary N) is 1. The van der Waals surface area contributed by atoms with Crippen LogP contribution in [0.2, 0.25) is 0 Å². The second-order valence-electron chi connectivity index (χ2n) is 6.15. The van der Waals surface area contributed by atoms with Gasteiger partial charge in [-0.2, -0.15) is 0 Å². The van der Waals surface area contributed by atoms with Crippen LogP contribution in [0.4, 0.5) is 0 Å². The largest absolute Gasteiger partial charge is 0.356 e. The first kappa shape index (κ1) is 14.5. The van der Waals surface area contributed by atoms with Crippen LogP contribution in [-0.4, -0.2) is 20.9 Å². The molecule has 2 unspecified atom stereocenters. The van der Waals surface area contributed by atoms with Gasteiger partial charge in [0.2, 0.25) is 15.9 Å². The molecule has 2 aliphatic carbocycles. The topological polar surface area (TPSA) is 89.3 Å². The average molecular weight is 308 g/mol. The molecule has 1 amide bonds. The fourth-order valence-corrected chi connectivity index (χ4v) is 3.76. The van der Waals surface area contributed by atoms with Gasteiger partial charge in [0, 0.05) is 12.5 Å². The molecule has 0 bridgehead atoms. The Morgan fingerprint density at radius 2 is 1.76 bits per heavy atom. The summed E-state index contributed by atoms with van der Waals surface area (Å²) in [5.74, 6) is 2.00. The van der Waals surface area contributed by atoms with E-state index in [1.54, 1.807) is 12.1 Å². The van der Waals surface area contributed by atoms with E-state index in [0.29, 0.717) is 13.0 Å². The van der Waals surface area contributed by atoms with Crippen LogP contribution in [0.15, 0.2) is 29.2 Å². The zero-order valence-electron chi connectivity index (χ0n) is 11.8. The van der Waals surface area contributed by atoms with Gasteiger partial charge in [-0.3, -0.25) is 4.79 Å². The molecule has 2 atom stereocenters. The van der Waals surface area contributed by atoms with E-state index in [1.165, 1.54) is 18.6 Å². The highest BCUT2D eigenvalue weighted by atomic mass is 32.2. The Morgan fingerprint density at radius 1 is 1.14 bits per heavy atom. The molecule has 21 heavy (non-hydrogen) atoms. The first-order chi connectivity index (χ1) is 9.93. The lowest BCUT2D eigenvalue weighted by atomic mass is 10.0. The summed E-state index contributed by atoms with van der Waals surface area (Å²) in [6, 6.07) is 6.46. The number of rotatable bonds is 5. The van der Waals surface area contributed by atoms with E-state index in [0.717, 1.165) is 30.2 Å². The molecule has 0 aliphatic heterocycles. The normalized spacial score (nSPS) is 27.2. The Hall–Kier alpha value is -1.40. The minimum Gasteiger partial charge on any atom is -0.356 e. The van der Waals surface area contributed by atoms with Crippen molar-refractivity contribution >= 4 is 15.9 Å². The third-order valence-corrected chi connectivity index (χ3v) is 5.51. The molecule has 1 aromatic carbocycles. The molecule has 0 heterocycles. The van der Waals surface area contributed by atoms with E-state index in [-0.39, 0.29) is 16.7 Å². The second-order valence-corrected chi connectivity index (χ2v) is 7.72. The number of nitrogens with two attached hydrogens (primary N) is 1. The van der Waals surface area contributed by atoms with E-state index in [1.807, 2.05) is 0 Å². The van der Waals surface area contributed by atoms with E-state index in [2.05, 4.69) is 5.32 Å². The quantitative estimate of drug-likeness (QED) is 0.851. The molecule has 6 heteroatoms. The molecule has 3 N–H and O–H groups in total. The van der Waals surface area contributed by atoms with Gasteiger partial charge in [0.1, 0.15) is 0 Å². The average Bonchev–Trinajstić information content (AvgIpc) is 3.04. The molecular weight excluding hydrogens is 288 g/mol. The number of hydrogen-bond acceptors (Lipinski definition) is 3. The van der Waals surface area contributed by atoms with Gasteiger partial charge < -0.3 is 5.32 Å². The smallest absolute Gasteiger partial charge is 0.238 e. The molecule has 0 aromatic heterocycles. The lowest BCUT2D eigenvalue weighted by Crippen LogP contribution is -2.31. The second kappa shape index (κ2) is 5.42. The van der Waals surface area contributed by atoms with Crippen molar-refractivity contribution in [1.29, 1.82) is 0 Å². The summed E-state index contributed by atoms with van der Waals surface area (Å²) in [5.41, 5.74) is 0.983. The molecule has 114 valence electrons. The van der Waals surface area contributed by atoms with Crippen LogP contribution in [0, 0.1) is 17.8 Å². The third-order valence-electron chi connectivity index (χ3n) is 4.58. The number of sulfonamides is 1. The maximum Gasteiger partial charge on any atom is 0.238 e. The summed E-state index contributed by atoms with van der Waals surface area (Å²) in [4.78, 5) is 12.1. The number of carbonyl (C=O) groups excluding carboxylic acids is 1. The SMILES string of the molecule is NS(=O)(=O)c1ccc(CCNC(=O)C2CC3CC3C2)cc1. The van der Waals surface area contributed by atoms with E-state index < -0.39 is 10.0 Å². The Bertz CT molecular complexity index is 629.